The average Bonchev–Trinajstić information content (AvgIpc) is 3.63. The van der Waals surface area contributed by atoms with E-state index in [9.17, 15) is 23.4 Å². The molecule has 0 radical (unpaired) electrons. The van der Waals surface area contributed by atoms with Gasteiger partial charge in [-0.3, -0.25) is 9.52 Å². The van der Waals surface area contributed by atoms with Crippen molar-refractivity contribution < 1.29 is 23.4 Å². The molecule has 5 aliphatic carbocycles. The topological polar surface area (TPSA) is 104 Å². The molecule has 0 bridgehead atoms. The third kappa shape index (κ3) is 4.61. The van der Waals surface area contributed by atoms with Gasteiger partial charge in [0.1, 0.15) is 0 Å². The zero-order chi connectivity index (χ0) is 26.9. The molecule has 12 atom stereocenters. The summed E-state index contributed by atoms with van der Waals surface area (Å²) in [5.74, 6) is 2.13. The molecule has 0 aromatic heterocycles. The molecule has 1 amide bonds. The summed E-state index contributed by atoms with van der Waals surface area (Å²) in [7, 11) is -3.51. The molecule has 6 nitrogen and oxygen atoms in total. The summed E-state index contributed by atoms with van der Waals surface area (Å²) < 4.78 is 26.9. The number of aliphatic hydroxyl groups is 2. The molecule has 37 heavy (non-hydrogen) atoms. The number of amides is 1. The molecule has 0 aliphatic heterocycles. The summed E-state index contributed by atoms with van der Waals surface area (Å²) in [5.41, 5.74) is 0.349. The van der Waals surface area contributed by atoms with E-state index in [1.165, 1.54) is 6.42 Å². The van der Waals surface area contributed by atoms with Crippen molar-refractivity contribution in [2.24, 2.45) is 58.2 Å². The van der Waals surface area contributed by atoms with E-state index in [1.807, 2.05) is 6.92 Å². The number of aliphatic hydroxyl groups excluding tert-OH is 2. The van der Waals surface area contributed by atoms with Crippen LogP contribution in [0.1, 0.15) is 105 Å². The van der Waals surface area contributed by atoms with E-state index < -0.39 is 10.0 Å². The normalized spacial score (nSPS) is 47.3. The summed E-state index contributed by atoms with van der Waals surface area (Å²) in [6.45, 7) is 11.3. The first kappa shape index (κ1) is 27.9. The van der Waals surface area contributed by atoms with Gasteiger partial charge in [0.25, 0.3) is 0 Å². The lowest BCUT2D eigenvalue weighted by molar-refractivity contribution is -0.203. The van der Waals surface area contributed by atoms with Crippen LogP contribution in [0.2, 0.25) is 0 Å². The fourth-order valence-electron chi connectivity index (χ4n) is 10.5. The highest BCUT2D eigenvalue weighted by atomic mass is 32.2. The van der Waals surface area contributed by atoms with Crippen LogP contribution in [0.25, 0.3) is 0 Å². The SMILES string of the molecule is CC[C@@H]1C2C[C@H](O)CCC2(C)[C@H]2CCC3(C)[C@@H]([C@H](C)C[C@@H](C)C(=O)NS(=O)(=O)C4CC4)CC[C@H]3C2[C@@H]1O. The van der Waals surface area contributed by atoms with Gasteiger partial charge in [-0.25, -0.2) is 8.42 Å². The lowest BCUT2D eigenvalue weighted by Gasteiger charge is -2.64. The molecular formula is C30H51NO5S. The van der Waals surface area contributed by atoms with E-state index in [2.05, 4.69) is 32.4 Å². The molecular weight excluding hydrogens is 486 g/mol. The van der Waals surface area contributed by atoms with Gasteiger partial charge >= 0.3 is 0 Å². The predicted octanol–water partition coefficient (Wildman–Crippen LogP) is 4.88. The first-order valence-electron chi connectivity index (χ1n) is 15.2. The summed E-state index contributed by atoms with van der Waals surface area (Å²) >= 11 is 0. The van der Waals surface area contributed by atoms with E-state index in [0.717, 1.165) is 44.9 Å². The molecule has 0 aromatic rings. The van der Waals surface area contributed by atoms with Crippen molar-refractivity contribution in [3.8, 4) is 0 Å². The van der Waals surface area contributed by atoms with E-state index >= 15 is 0 Å². The Bertz CT molecular complexity index is 980. The zero-order valence-electron chi connectivity index (χ0n) is 23.7. The molecule has 0 aromatic carbocycles. The smallest absolute Gasteiger partial charge is 0.237 e. The zero-order valence-corrected chi connectivity index (χ0v) is 24.5. The molecule has 0 heterocycles. The van der Waals surface area contributed by atoms with Gasteiger partial charge in [-0.15, -0.1) is 0 Å². The Kier molecular flexibility index (Phi) is 7.36. The number of carbonyl (C=O) groups excluding carboxylic acids is 1. The maximum atomic E-state index is 12.8. The van der Waals surface area contributed by atoms with Gasteiger partial charge in [0.15, 0.2) is 0 Å². The van der Waals surface area contributed by atoms with Crippen molar-refractivity contribution in [3.63, 3.8) is 0 Å². The molecule has 5 aliphatic rings. The lowest BCUT2D eigenvalue weighted by Crippen LogP contribution is -2.62. The van der Waals surface area contributed by atoms with Gasteiger partial charge in [-0.2, -0.15) is 0 Å². The van der Waals surface area contributed by atoms with E-state index in [1.54, 1.807) is 0 Å². The van der Waals surface area contributed by atoms with Gasteiger partial charge in [0.05, 0.1) is 17.5 Å². The number of hydrogen-bond donors (Lipinski definition) is 3. The standard InChI is InChI=1S/C30H51NO5S/c1-6-21-25-16-19(32)11-13-30(25,5)24-12-14-29(4)22(9-10-23(29)26(24)27(21)33)17(2)15-18(3)28(34)31-37(35,36)20-7-8-20/h17-27,32-33H,6-16H2,1-5H3,(H,31,34)/t17-,18-,19-,21-,22-,23+,24+,25?,26?,27-,29?,30?/m1/s1. The number of hydrogen-bond acceptors (Lipinski definition) is 5. The molecule has 3 N–H and O–H groups in total. The minimum atomic E-state index is -3.51. The van der Waals surface area contributed by atoms with Crippen LogP contribution >= 0.6 is 0 Å². The lowest BCUT2D eigenvalue weighted by atomic mass is 9.41. The Hall–Kier alpha value is -0.660. The highest BCUT2D eigenvalue weighted by Crippen LogP contribution is 2.69. The van der Waals surface area contributed by atoms with Crippen LogP contribution in [0, 0.1) is 58.2 Å². The third-order valence-electron chi connectivity index (χ3n) is 12.5. The van der Waals surface area contributed by atoms with Gasteiger partial charge in [-0.1, -0.05) is 41.0 Å². The Morgan fingerprint density at radius 2 is 1.59 bits per heavy atom. The monoisotopic (exact) mass is 537 g/mol. The Balaban J connectivity index is 1.31. The van der Waals surface area contributed by atoms with Crippen LogP contribution in [0.5, 0.6) is 0 Å². The van der Waals surface area contributed by atoms with E-state index in [-0.39, 0.29) is 46.0 Å². The van der Waals surface area contributed by atoms with E-state index in [4.69, 9.17) is 0 Å². The molecule has 212 valence electrons. The second-order valence-corrected chi connectivity index (χ2v) is 16.4. The quantitative estimate of drug-likeness (QED) is 0.429. The fraction of sp³-hybridized carbons (Fsp3) is 0.967. The Morgan fingerprint density at radius 1 is 0.946 bits per heavy atom. The minimum Gasteiger partial charge on any atom is -0.393 e. The van der Waals surface area contributed by atoms with Crippen LogP contribution in [-0.4, -0.2) is 42.0 Å². The third-order valence-corrected chi connectivity index (χ3v) is 14.4. The van der Waals surface area contributed by atoms with Crippen LogP contribution < -0.4 is 4.72 Å². The molecule has 5 fully saturated rings. The fourth-order valence-corrected chi connectivity index (χ4v) is 11.9. The summed E-state index contributed by atoms with van der Waals surface area (Å²) in [6, 6.07) is 0. The van der Waals surface area contributed by atoms with Gasteiger partial charge < -0.3 is 10.2 Å². The highest BCUT2D eigenvalue weighted by Gasteiger charge is 2.64. The summed E-state index contributed by atoms with van der Waals surface area (Å²) in [6.07, 6.45) is 9.84. The van der Waals surface area contributed by atoms with Crippen molar-refractivity contribution in [3.05, 3.63) is 0 Å². The van der Waals surface area contributed by atoms with Crippen molar-refractivity contribution >= 4 is 15.9 Å². The molecule has 4 unspecified atom stereocenters. The van der Waals surface area contributed by atoms with Crippen molar-refractivity contribution in [1.29, 1.82) is 0 Å². The highest BCUT2D eigenvalue weighted by molar-refractivity contribution is 7.90. The van der Waals surface area contributed by atoms with Crippen LogP contribution in [-0.2, 0) is 14.8 Å². The van der Waals surface area contributed by atoms with Gasteiger partial charge in [0, 0.05) is 5.92 Å². The Labute approximate surface area is 224 Å². The molecule has 5 rings (SSSR count). The minimum absolute atomic E-state index is 0.146. The van der Waals surface area contributed by atoms with Crippen molar-refractivity contribution in [1.82, 2.24) is 4.72 Å². The second kappa shape index (κ2) is 9.76. The van der Waals surface area contributed by atoms with Gasteiger partial charge in [0.2, 0.25) is 15.9 Å². The average molecular weight is 538 g/mol. The summed E-state index contributed by atoms with van der Waals surface area (Å²) in [4.78, 5) is 12.8. The molecule has 7 heteroatoms. The Morgan fingerprint density at radius 3 is 2.24 bits per heavy atom. The number of carbonyl (C=O) groups is 1. The van der Waals surface area contributed by atoms with E-state index in [0.29, 0.717) is 54.8 Å². The number of rotatable bonds is 7. The van der Waals surface area contributed by atoms with Crippen molar-refractivity contribution in [2.45, 2.75) is 123 Å². The first-order valence-corrected chi connectivity index (χ1v) is 16.8. The molecule has 0 saturated heterocycles. The molecule has 0 spiro atoms. The van der Waals surface area contributed by atoms with Crippen LogP contribution in [0.4, 0.5) is 0 Å². The summed E-state index contributed by atoms with van der Waals surface area (Å²) in [5, 5.41) is 22.0. The van der Waals surface area contributed by atoms with Gasteiger partial charge in [-0.05, 0) is 116 Å². The maximum absolute atomic E-state index is 12.8. The van der Waals surface area contributed by atoms with Crippen molar-refractivity contribution in [2.75, 3.05) is 0 Å². The second-order valence-electron chi connectivity index (χ2n) is 14.4. The molecule has 5 saturated carbocycles. The first-order chi connectivity index (χ1) is 17.3. The predicted molar refractivity (Wildman–Crippen MR) is 145 cm³/mol. The number of nitrogens with one attached hydrogen (secondary N) is 1. The number of fused-ring (bicyclic) bond motifs is 5. The number of sulfonamides is 1. The maximum Gasteiger partial charge on any atom is 0.237 e. The largest absolute Gasteiger partial charge is 0.393 e. The van der Waals surface area contributed by atoms with Crippen LogP contribution in [0.3, 0.4) is 0 Å². The van der Waals surface area contributed by atoms with Crippen LogP contribution in [0.15, 0.2) is 0 Å².